The summed E-state index contributed by atoms with van der Waals surface area (Å²) in [5.41, 5.74) is -0.405. The summed E-state index contributed by atoms with van der Waals surface area (Å²) in [5, 5.41) is 3.77. The van der Waals surface area contributed by atoms with Crippen LogP contribution in [0.25, 0.3) is 0 Å². The minimum Gasteiger partial charge on any atom is -0.444 e. The lowest BCUT2D eigenvalue weighted by atomic mass is 9.97. The Hall–Kier alpha value is -0.810. The van der Waals surface area contributed by atoms with E-state index in [4.69, 9.17) is 4.74 Å². The summed E-state index contributed by atoms with van der Waals surface area (Å²) in [7, 11) is 0. The number of amides is 1. The van der Waals surface area contributed by atoms with Crippen LogP contribution in [0.4, 0.5) is 4.79 Å². The van der Waals surface area contributed by atoms with Gasteiger partial charge in [-0.3, -0.25) is 0 Å². The van der Waals surface area contributed by atoms with Crippen molar-refractivity contribution in [2.24, 2.45) is 5.92 Å². The number of carbonyl (C=O) groups excluding carboxylic acids is 1. The molecule has 2 saturated heterocycles. The van der Waals surface area contributed by atoms with Crippen molar-refractivity contribution in [1.29, 1.82) is 0 Å². The van der Waals surface area contributed by atoms with Crippen molar-refractivity contribution in [3.8, 4) is 0 Å². The van der Waals surface area contributed by atoms with E-state index in [0.29, 0.717) is 12.0 Å². The molecular weight excluding hydrogens is 302 g/mol. The van der Waals surface area contributed by atoms with Crippen molar-refractivity contribution < 1.29 is 9.53 Å². The number of hydrogen-bond acceptors (Lipinski definition) is 4. The SMILES string of the molecule is CC(C)(C)OC(=O)N1CCC[C@H](CNC2CCN(C3CC3)CC2)C1. The second-order valence-electron chi connectivity index (χ2n) is 8.88. The van der Waals surface area contributed by atoms with Gasteiger partial charge in [-0.15, -0.1) is 0 Å². The van der Waals surface area contributed by atoms with Gasteiger partial charge in [-0.05, 0) is 84.8 Å². The molecule has 2 heterocycles. The predicted octanol–water partition coefficient (Wildman–Crippen LogP) is 2.85. The molecule has 138 valence electrons. The fourth-order valence-corrected chi connectivity index (χ4v) is 3.97. The van der Waals surface area contributed by atoms with Crippen molar-refractivity contribution in [3.63, 3.8) is 0 Å². The Morgan fingerprint density at radius 3 is 2.42 bits per heavy atom. The average molecular weight is 338 g/mol. The molecule has 1 amide bonds. The Labute approximate surface area is 147 Å². The summed E-state index contributed by atoms with van der Waals surface area (Å²) in [4.78, 5) is 16.8. The molecule has 0 aromatic carbocycles. The molecule has 1 aliphatic carbocycles. The number of carbonyl (C=O) groups is 1. The van der Waals surface area contributed by atoms with E-state index < -0.39 is 5.60 Å². The van der Waals surface area contributed by atoms with Crippen LogP contribution in [0.5, 0.6) is 0 Å². The van der Waals surface area contributed by atoms with Crippen LogP contribution in [0.3, 0.4) is 0 Å². The topological polar surface area (TPSA) is 44.8 Å². The molecule has 24 heavy (non-hydrogen) atoms. The van der Waals surface area contributed by atoms with Gasteiger partial charge in [0.2, 0.25) is 0 Å². The Kier molecular flexibility index (Phi) is 5.70. The van der Waals surface area contributed by atoms with Crippen LogP contribution in [0.2, 0.25) is 0 Å². The highest BCUT2D eigenvalue weighted by Gasteiger charge is 2.32. The molecule has 1 saturated carbocycles. The van der Waals surface area contributed by atoms with Crippen molar-refractivity contribution >= 4 is 6.09 Å². The summed E-state index contributed by atoms with van der Waals surface area (Å²) >= 11 is 0. The fourth-order valence-electron chi connectivity index (χ4n) is 3.97. The molecule has 0 aromatic heterocycles. The number of nitrogens with one attached hydrogen (secondary N) is 1. The Morgan fingerprint density at radius 1 is 1.08 bits per heavy atom. The van der Waals surface area contributed by atoms with Gasteiger partial charge >= 0.3 is 6.09 Å². The lowest BCUT2D eigenvalue weighted by molar-refractivity contribution is 0.0164. The molecule has 3 rings (SSSR count). The van der Waals surface area contributed by atoms with E-state index in [-0.39, 0.29) is 6.09 Å². The lowest BCUT2D eigenvalue weighted by Crippen LogP contribution is -2.48. The van der Waals surface area contributed by atoms with E-state index in [1.165, 1.54) is 45.2 Å². The van der Waals surface area contributed by atoms with Gasteiger partial charge in [0.15, 0.2) is 0 Å². The van der Waals surface area contributed by atoms with Crippen LogP contribution in [0.1, 0.15) is 59.3 Å². The zero-order chi connectivity index (χ0) is 17.2. The zero-order valence-corrected chi connectivity index (χ0v) is 15.7. The van der Waals surface area contributed by atoms with Gasteiger partial charge in [-0.2, -0.15) is 0 Å². The average Bonchev–Trinajstić information content (AvgIpc) is 3.37. The Morgan fingerprint density at radius 2 is 1.79 bits per heavy atom. The molecule has 0 unspecified atom stereocenters. The molecule has 0 aromatic rings. The van der Waals surface area contributed by atoms with Crippen LogP contribution in [0, 0.1) is 5.92 Å². The first-order chi connectivity index (χ1) is 11.4. The first kappa shape index (κ1) is 18.0. The number of piperidine rings is 2. The molecule has 0 radical (unpaired) electrons. The van der Waals surface area contributed by atoms with Gasteiger partial charge in [0.05, 0.1) is 0 Å². The van der Waals surface area contributed by atoms with Crippen molar-refractivity contribution in [1.82, 2.24) is 15.1 Å². The van der Waals surface area contributed by atoms with Crippen LogP contribution < -0.4 is 5.32 Å². The van der Waals surface area contributed by atoms with Gasteiger partial charge in [0.25, 0.3) is 0 Å². The van der Waals surface area contributed by atoms with Crippen molar-refractivity contribution in [3.05, 3.63) is 0 Å². The van der Waals surface area contributed by atoms with Crippen LogP contribution >= 0.6 is 0 Å². The molecule has 2 aliphatic heterocycles. The molecule has 5 heteroatoms. The zero-order valence-electron chi connectivity index (χ0n) is 15.7. The van der Waals surface area contributed by atoms with E-state index >= 15 is 0 Å². The summed E-state index contributed by atoms with van der Waals surface area (Å²) in [6.45, 7) is 11.0. The smallest absolute Gasteiger partial charge is 0.410 e. The Bertz CT molecular complexity index is 423. The second-order valence-corrected chi connectivity index (χ2v) is 8.88. The number of ether oxygens (including phenoxy) is 1. The fraction of sp³-hybridized carbons (Fsp3) is 0.947. The minimum absolute atomic E-state index is 0.148. The number of rotatable bonds is 4. The first-order valence-electron chi connectivity index (χ1n) is 9.86. The normalized spacial score (nSPS) is 27.3. The number of nitrogens with zero attached hydrogens (tertiary/aromatic N) is 2. The van der Waals surface area contributed by atoms with Gasteiger partial charge in [0.1, 0.15) is 5.60 Å². The van der Waals surface area contributed by atoms with E-state index in [0.717, 1.165) is 32.1 Å². The van der Waals surface area contributed by atoms with Crippen molar-refractivity contribution in [2.45, 2.75) is 77.0 Å². The number of likely N-dealkylation sites (tertiary alicyclic amines) is 2. The molecular formula is C19H35N3O2. The standard InChI is InChI=1S/C19H35N3O2/c1-19(2,3)24-18(23)22-10-4-5-15(14-22)13-20-16-8-11-21(12-9-16)17-6-7-17/h15-17,20H,4-14H2,1-3H3/t15-/m1/s1. The molecule has 3 fully saturated rings. The summed E-state index contributed by atoms with van der Waals surface area (Å²) in [6.07, 6.45) is 7.54. The Balaban J connectivity index is 1.37. The summed E-state index contributed by atoms with van der Waals surface area (Å²) < 4.78 is 5.52. The van der Waals surface area contributed by atoms with Gasteiger partial charge < -0.3 is 19.9 Å². The predicted molar refractivity (Wildman–Crippen MR) is 96.2 cm³/mol. The molecule has 0 bridgehead atoms. The third-order valence-electron chi connectivity index (χ3n) is 5.46. The molecule has 0 spiro atoms. The maximum absolute atomic E-state index is 12.2. The molecule has 5 nitrogen and oxygen atoms in total. The van der Waals surface area contributed by atoms with E-state index in [1.807, 2.05) is 25.7 Å². The monoisotopic (exact) mass is 337 g/mol. The third kappa shape index (κ3) is 5.35. The highest BCUT2D eigenvalue weighted by atomic mass is 16.6. The highest BCUT2D eigenvalue weighted by Crippen LogP contribution is 2.29. The third-order valence-corrected chi connectivity index (χ3v) is 5.46. The first-order valence-corrected chi connectivity index (χ1v) is 9.86. The largest absolute Gasteiger partial charge is 0.444 e. The van der Waals surface area contributed by atoms with E-state index in [1.54, 1.807) is 0 Å². The lowest BCUT2D eigenvalue weighted by Gasteiger charge is -2.36. The van der Waals surface area contributed by atoms with Gasteiger partial charge in [0, 0.05) is 25.2 Å². The summed E-state index contributed by atoms with van der Waals surface area (Å²) in [6, 6.07) is 1.57. The van der Waals surface area contributed by atoms with Crippen LogP contribution in [0.15, 0.2) is 0 Å². The molecule has 3 aliphatic rings. The van der Waals surface area contributed by atoms with Gasteiger partial charge in [-0.1, -0.05) is 0 Å². The number of hydrogen-bond donors (Lipinski definition) is 1. The second kappa shape index (κ2) is 7.61. The van der Waals surface area contributed by atoms with Crippen LogP contribution in [-0.2, 0) is 4.74 Å². The highest BCUT2D eigenvalue weighted by molar-refractivity contribution is 5.68. The minimum atomic E-state index is -0.405. The van der Waals surface area contributed by atoms with Gasteiger partial charge in [-0.25, -0.2) is 4.79 Å². The maximum atomic E-state index is 12.2. The maximum Gasteiger partial charge on any atom is 0.410 e. The van der Waals surface area contributed by atoms with Crippen LogP contribution in [-0.4, -0.2) is 66.3 Å². The summed E-state index contributed by atoms with van der Waals surface area (Å²) in [5.74, 6) is 0.563. The molecule has 1 N–H and O–H groups in total. The molecule has 1 atom stereocenters. The quantitative estimate of drug-likeness (QED) is 0.857. The van der Waals surface area contributed by atoms with Crippen molar-refractivity contribution in [2.75, 3.05) is 32.7 Å². The van der Waals surface area contributed by atoms with E-state index in [2.05, 4.69) is 10.2 Å². The van der Waals surface area contributed by atoms with E-state index in [9.17, 15) is 4.79 Å².